The number of aryl methyl sites for hydroxylation is 2. The quantitative estimate of drug-likeness (QED) is 0.835. The first-order valence-electron chi connectivity index (χ1n) is 7.11. The van der Waals surface area contributed by atoms with Crippen LogP contribution in [-0.2, 0) is 0 Å². The van der Waals surface area contributed by atoms with Crippen LogP contribution in [0.5, 0.6) is 5.75 Å². The molecule has 0 aliphatic heterocycles. The van der Waals surface area contributed by atoms with E-state index in [1.54, 1.807) is 7.11 Å². The molecule has 2 aromatic rings. The van der Waals surface area contributed by atoms with Crippen LogP contribution >= 0.6 is 0 Å². The van der Waals surface area contributed by atoms with Gasteiger partial charge in [-0.3, -0.25) is 0 Å². The molecule has 106 valence electrons. The SMILES string of the molecule is CCC(Nc1cc(C)ccc1C)c1ccc(OC)cc1. The van der Waals surface area contributed by atoms with Crippen molar-refractivity contribution in [2.75, 3.05) is 12.4 Å². The summed E-state index contributed by atoms with van der Waals surface area (Å²) in [5, 5.41) is 3.65. The molecule has 0 fully saturated rings. The third-order valence-corrected chi connectivity index (χ3v) is 3.65. The van der Waals surface area contributed by atoms with E-state index in [-0.39, 0.29) is 0 Å². The normalized spacial score (nSPS) is 12.0. The zero-order valence-electron chi connectivity index (χ0n) is 12.7. The molecule has 0 bridgehead atoms. The topological polar surface area (TPSA) is 21.3 Å². The molecule has 1 unspecified atom stereocenters. The minimum absolute atomic E-state index is 0.321. The van der Waals surface area contributed by atoms with E-state index in [1.165, 1.54) is 22.4 Å². The van der Waals surface area contributed by atoms with Crippen molar-refractivity contribution in [1.29, 1.82) is 0 Å². The lowest BCUT2D eigenvalue weighted by Gasteiger charge is -2.21. The maximum atomic E-state index is 5.22. The first-order valence-corrected chi connectivity index (χ1v) is 7.11. The highest BCUT2D eigenvalue weighted by atomic mass is 16.5. The van der Waals surface area contributed by atoms with Crippen molar-refractivity contribution in [1.82, 2.24) is 0 Å². The second-order valence-corrected chi connectivity index (χ2v) is 5.20. The maximum Gasteiger partial charge on any atom is 0.118 e. The Labute approximate surface area is 121 Å². The molecule has 1 N–H and O–H groups in total. The molecule has 20 heavy (non-hydrogen) atoms. The molecule has 1 atom stereocenters. The smallest absolute Gasteiger partial charge is 0.118 e. The summed E-state index contributed by atoms with van der Waals surface area (Å²) in [5.74, 6) is 0.898. The number of methoxy groups -OCH3 is 1. The number of hydrogen-bond acceptors (Lipinski definition) is 2. The van der Waals surface area contributed by atoms with Crippen LogP contribution in [-0.4, -0.2) is 7.11 Å². The zero-order valence-corrected chi connectivity index (χ0v) is 12.7. The summed E-state index contributed by atoms with van der Waals surface area (Å²) in [6.45, 7) is 6.47. The largest absolute Gasteiger partial charge is 0.497 e. The fourth-order valence-electron chi connectivity index (χ4n) is 2.34. The molecule has 0 aliphatic carbocycles. The van der Waals surface area contributed by atoms with Gasteiger partial charge in [-0.15, -0.1) is 0 Å². The van der Waals surface area contributed by atoms with Gasteiger partial charge in [-0.1, -0.05) is 31.2 Å². The number of benzene rings is 2. The van der Waals surface area contributed by atoms with E-state index >= 15 is 0 Å². The van der Waals surface area contributed by atoms with E-state index in [1.807, 2.05) is 12.1 Å². The number of rotatable bonds is 5. The molecule has 2 nitrogen and oxygen atoms in total. The van der Waals surface area contributed by atoms with Crippen molar-refractivity contribution < 1.29 is 4.74 Å². The lowest BCUT2D eigenvalue weighted by Crippen LogP contribution is -2.10. The Hall–Kier alpha value is -1.96. The predicted octanol–water partition coefficient (Wildman–Crippen LogP) is 4.88. The van der Waals surface area contributed by atoms with E-state index < -0.39 is 0 Å². The Bertz CT molecular complexity index is 560. The minimum atomic E-state index is 0.321. The Balaban J connectivity index is 2.21. The average molecular weight is 269 g/mol. The summed E-state index contributed by atoms with van der Waals surface area (Å²) in [6.07, 6.45) is 1.04. The summed E-state index contributed by atoms with van der Waals surface area (Å²) < 4.78 is 5.22. The van der Waals surface area contributed by atoms with Gasteiger partial charge in [0, 0.05) is 5.69 Å². The van der Waals surface area contributed by atoms with E-state index in [4.69, 9.17) is 4.74 Å². The average Bonchev–Trinajstić information content (AvgIpc) is 2.48. The van der Waals surface area contributed by atoms with E-state index in [0.29, 0.717) is 6.04 Å². The Kier molecular flexibility index (Phi) is 4.67. The van der Waals surface area contributed by atoms with Gasteiger partial charge in [0.25, 0.3) is 0 Å². The second-order valence-electron chi connectivity index (χ2n) is 5.20. The summed E-state index contributed by atoms with van der Waals surface area (Å²) in [7, 11) is 1.70. The highest BCUT2D eigenvalue weighted by molar-refractivity contribution is 5.54. The molecule has 0 heterocycles. The van der Waals surface area contributed by atoms with E-state index in [0.717, 1.165) is 12.2 Å². The van der Waals surface area contributed by atoms with Gasteiger partial charge in [-0.2, -0.15) is 0 Å². The molecular formula is C18H23NO. The van der Waals surface area contributed by atoms with Crippen LogP contribution in [0.1, 0.15) is 36.1 Å². The molecule has 0 saturated heterocycles. The number of hydrogen-bond donors (Lipinski definition) is 1. The molecule has 0 saturated carbocycles. The van der Waals surface area contributed by atoms with Crippen LogP contribution in [0.15, 0.2) is 42.5 Å². The maximum absolute atomic E-state index is 5.22. The van der Waals surface area contributed by atoms with Crippen LogP contribution in [0.2, 0.25) is 0 Å². The van der Waals surface area contributed by atoms with Crippen molar-refractivity contribution in [3.05, 3.63) is 59.2 Å². The molecule has 2 aromatic carbocycles. The lowest BCUT2D eigenvalue weighted by atomic mass is 10.0. The molecule has 0 amide bonds. The number of ether oxygens (including phenoxy) is 1. The summed E-state index contributed by atoms with van der Waals surface area (Å²) >= 11 is 0. The van der Waals surface area contributed by atoms with Crippen molar-refractivity contribution >= 4 is 5.69 Å². The van der Waals surface area contributed by atoms with Gasteiger partial charge in [0.2, 0.25) is 0 Å². The van der Waals surface area contributed by atoms with Gasteiger partial charge in [0.15, 0.2) is 0 Å². The third-order valence-electron chi connectivity index (χ3n) is 3.65. The van der Waals surface area contributed by atoms with Crippen LogP contribution in [0.25, 0.3) is 0 Å². The van der Waals surface area contributed by atoms with Crippen molar-refractivity contribution in [3.8, 4) is 5.75 Å². The van der Waals surface area contributed by atoms with Crippen molar-refractivity contribution in [3.63, 3.8) is 0 Å². The van der Waals surface area contributed by atoms with Gasteiger partial charge in [0.1, 0.15) is 5.75 Å². The molecule has 0 spiro atoms. The van der Waals surface area contributed by atoms with E-state index in [9.17, 15) is 0 Å². The summed E-state index contributed by atoms with van der Waals surface area (Å²) in [4.78, 5) is 0. The predicted molar refractivity (Wildman–Crippen MR) is 85.6 cm³/mol. The monoisotopic (exact) mass is 269 g/mol. The number of nitrogens with one attached hydrogen (secondary N) is 1. The van der Waals surface area contributed by atoms with Gasteiger partial charge in [-0.25, -0.2) is 0 Å². The fourth-order valence-corrected chi connectivity index (χ4v) is 2.34. The fraction of sp³-hybridized carbons (Fsp3) is 0.333. The van der Waals surface area contributed by atoms with Gasteiger partial charge < -0.3 is 10.1 Å². The standard InChI is InChI=1S/C18H23NO/c1-5-17(15-8-10-16(20-4)11-9-15)19-18-12-13(2)6-7-14(18)3/h6-12,17,19H,5H2,1-4H3. The number of anilines is 1. The summed E-state index contributed by atoms with van der Waals surface area (Å²) in [5.41, 5.74) is 5.06. The van der Waals surface area contributed by atoms with Crippen LogP contribution in [0.4, 0.5) is 5.69 Å². The Morgan fingerprint density at radius 3 is 2.35 bits per heavy atom. The highest BCUT2D eigenvalue weighted by Gasteiger charge is 2.10. The zero-order chi connectivity index (χ0) is 14.5. The molecule has 2 heteroatoms. The van der Waals surface area contributed by atoms with Crippen LogP contribution < -0.4 is 10.1 Å². The van der Waals surface area contributed by atoms with Crippen LogP contribution in [0, 0.1) is 13.8 Å². The molecule has 0 aliphatic rings. The first-order chi connectivity index (χ1) is 9.63. The summed E-state index contributed by atoms with van der Waals surface area (Å²) in [6, 6.07) is 15.1. The van der Waals surface area contributed by atoms with Crippen molar-refractivity contribution in [2.24, 2.45) is 0 Å². The Morgan fingerprint density at radius 1 is 1.05 bits per heavy atom. The second kappa shape index (κ2) is 6.47. The third kappa shape index (κ3) is 3.32. The highest BCUT2D eigenvalue weighted by Crippen LogP contribution is 2.26. The van der Waals surface area contributed by atoms with Crippen molar-refractivity contribution in [2.45, 2.75) is 33.2 Å². The lowest BCUT2D eigenvalue weighted by molar-refractivity contribution is 0.414. The van der Waals surface area contributed by atoms with E-state index in [2.05, 4.69) is 56.4 Å². The first kappa shape index (κ1) is 14.4. The van der Waals surface area contributed by atoms with Gasteiger partial charge in [0.05, 0.1) is 13.2 Å². The minimum Gasteiger partial charge on any atom is -0.497 e. The molecular weight excluding hydrogens is 246 g/mol. The molecule has 0 radical (unpaired) electrons. The Morgan fingerprint density at radius 2 is 1.75 bits per heavy atom. The van der Waals surface area contributed by atoms with Gasteiger partial charge >= 0.3 is 0 Å². The van der Waals surface area contributed by atoms with Gasteiger partial charge in [-0.05, 0) is 55.2 Å². The van der Waals surface area contributed by atoms with Crippen LogP contribution in [0.3, 0.4) is 0 Å². The molecule has 0 aromatic heterocycles. The molecule has 2 rings (SSSR count).